The predicted molar refractivity (Wildman–Crippen MR) is 93.4 cm³/mol. The minimum absolute atomic E-state index is 0.225. The third-order valence-electron chi connectivity index (χ3n) is 3.81. The first-order valence-electron chi connectivity index (χ1n) is 7.77. The third-order valence-corrected chi connectivity index (χ3v) is 3.81. The van der Waals surface area contributed by atoms with E-state index in [1.54, 1.807) is 12.3 Å². The molecule has 0 spiro atoms. The molecule has 0 aliphatic carbocycles. The molecule has 6 nitrogen and oxygen atoms in total. The number of ether oxygens (including phenoxy) is 2. The second-order valence-corrected chi connectivity index (χ2v) is 5.42. The lowest BCUT2D eigenvalue weighted by atomic mass is 10.1. The number of carbonyl (C=O) groups excluding carboxylic acids is 1. The van der Waals surface area contributed by atoms with Crippen LogP contribution in [0.25, 0.3) is 5.69 Å². The van der Waals surface area contributed by atoms with Crippen LogP contribution in [0.5, 0.6) is 11.5 Å². The molecule has 2 heterocycles. The Kier molecular flexibility index (Phi) is 3.92. The Morgan fingerprint density at radius 3 is 2.72 bits per heavy atom. The lowest BCUT2D eigenvalue weighted by Crippen LogP contribution is -2.19. The SMILES string of the molecule is O=C(N/N=C/c1ccc2c(c1)OCO2)c1ccccc1-n1cccc1. The van der Waals surface area contributed by atoms with Gasteiger partial charge in [-0.3, -0.25) is 4.79 Å². The summed E-state index contributed by atoms with van der Waals surface area (Å²) in [4.78, 5) is 12.5. The first-order chi connectivity index (χ1) is 12.3. The molecule has 3 aromatic rings. The van der Waals surface area contributed by atoms with Crippen molar-refractivity contribution in [3.8, 4) is 17.2 Å². The number of hydrazone groups is 1. The first-order valence-corrected chi connectivity index (χ1v) is 7.77. The van der Waals surface area contributed by atoms with Crippen molar-refractivity contribution in [1.29, 1.82) is 0 Å². The van der Waals surface area contributed by atoms with E-state index in [1.165, 1.54) is 0 Å². The van der Waals surface area contributed by atoms with Crippen LogP contribution in [0.3, 0.4) is 0 Å². The largest absolute Gasteiger partial charge is 0.454 e. The number of carbonyl (C=O) groups is 1. The summed E-state index contributed by atoms with van der Waals surface area (Å²) in [7, 11) is 0. The summed E-state index contributed by atoms with van der Waals surface area (Å²) in [6.07, 6.45) is 5.35. The van der Waals surface area contributed by atoms with Crippen LogP contribution in [0.15, 0.2) is 72.1 Å². The molecule has 0 radical (unpaired) electrons. The van der Waals surface area contributed by atoms with Crippen LogP contribution in [-0.4, -0.2) is 23.5 Å². The number of rotatable bonds is 4. The highest BCUT2D eigenvalue weighted by atomic mass is 16.7. The van der Waals surface area contributed by atoms with Crippen LogP contribution in [0.4, 0.5) is 0 Å². The fourth-order valence-electron chi connectivity index (χ4n) is 2.61. The number of fused-ring (bicyclic) bond motifs is 1. The zero-order valence-electron chi connectivity index (χ0n) is 13.3. The zero-order valence-corrected chi connectivity index (χ0v) is 13.3. The highest BCUT2D eigenvalue weighted by Crippen LogP contribution is 2.31. The second-order valence-electron chi connectivity index (χ2n) is 5.42. The molecule has 1 aliphatic rings. The van der Waals surface area contributed by atoms with Gasteiger partial charge in [-0.05, 0) is 48.0 Å². The van der Waals surface area contributed by atoms with Gasteiger partial charge in [0, 0.05) is 12.4 Å². The van der Waals surface area contributed by atoms with Crippen LogP contribution < -0.4 is 14.9 Å². The third kappa shape index (κ3) is 3.10. The summed E-state index contributed by atoms with van der Waals surface area (Å²) in [6, 6.07) is 16.6. The van der Waals surface area contributed by atoms with Gasteiger partial charge in [0.15, 0.2) is 11.5 Å². The number of nitrogens with zero attached hydrogens (tertiary/aromatic N) is 2. The molecular weight excluding hydrogens is 318 g/mol. The van der Waals surface area contributed by atoms with E-state index in [2.05, 4.69) is 10.5 Å². The molecule has 4 rings (SSSR count). The van der Waals surface area contributed by atoms with Gasteiger partial charge in [-0.25, -0.2) is 5.43 Å². The molecule has 0 fully saturated rings. The fourth-order valence-corrected chi connectivity index (χ4v) is 2.61. The molecule has 1 N–H and O–H groups in total. The molecule has 124 valence electrons. The topological polar surface area (TPSA) is 64.8 Å². The van der Waals surface area contributed by atoms with Crippen LogP contribution in [-0.2, 0) is 0 Å². The Labute approximate surface area is 144 Å². The molecule has 1 aliphatic heterocycles. The van der Waals surface area contributed by atoms with Crippen molar-refractivity contribution in [3.05, 3.63) is 78.1 Å². The maximum atomic E-state index is 12.5. The normalized spacial score (nSPS) is 12.5. The number of hydrogen-bond donors (Lipinski definition) is 1. The molecule has 0 atom stereocenters. The molecule has 0 saturated heterocycles. The van der Waals surface area contributed by atoms with Crippen LogP contribution in [0.1, 0.15) is 15.9 Å². The highest BCUT2D eigenvalue weighted by Gasteiger charge is 2.13. The summed E-state index contributed by atoms with van der Waals surface area (Å²) in [5.74, 6) is 1.11. The van der Waals surface area contributed by atoms with E-state index in [-0.39, 0.29) is 12.7 Å². The zero-order chi connectivity index (χ0) is 17.1. The molecule has 0 saturated carbocycles. The first kappa shape index (κ1) is 15.0. The van der Waals surface area contributed by atoms with Gasteiger partial charge in [0.2, 0.25) is 6.79 Å². The maximum absolute atomic E-state index is 12.5. The summed E-state index contributed by atoms with van der Waals surface area (Å²) in [5, 5.41) is 4.04. The fraction of sp³-hybridized carbons (Fsp3) is 0.0526. The van der Waals surface area contributed by atoms with Crippen molar-refractivity contribution in [3.63, 3.8) is 0 Å². The average Bonchev–Trinajstić information content (AvgIpc) is 3.33. The number of benzene rings is 2. The van der Waals surface area contributed by atoms with Crippen molar-refractivity contribution >= 4 is 12.1 Å². The smallest absolute Gasteiger partial charge is 0.273 e. The van der Waals surface area contributed by atoms with E-state index in [0.29, 0.717) is 17.1 Å². The van der Waals surface area contributed by atoms with Gasteiger partial charge in [-0.1, -0.05) is 12.1 Å². The number of nitrogens with one attached hydrogen (secondary N) is 1. The van der Waals surface area contributed by atoms with E-state index in [1.807, 2.05) is 65.5 Å². The minimum atomic E-state index is -0.277. The predicted octanol–water partition coefficient (Wildman–Crippen LogP) is 2.97. The van der Waals surface area contributed by atoms with Crippen molar-refractivity contribution in [1.82, 2.24) is 9.99 Å². The number of hydrogen-bond acceptors (Lipinski definition) is 4. The van der Waals surface area contributed by atoms with E-state index >= 15 is 0 Å². The van der Waals surface area contributed by atoms with Crippen molar-refractivity contribution in [2.45, 2.75) is 0 Å². The summed E-state index contributed by atoms with van der Waals surface area (Å²) in [6.45, 7) is 0.225. The van der Waals surface area contributed by atoms with Gasteiger partial charge in [0.05, 0.1) is 17.5 Å². The van der Waals surface area contributed by atoms with Gasteiger partial charge in [0.25, 0.3) is 5.91 Å². The molecule has 1 aromatic heterocycles. The maximum Gasteiger partial charge on any atom is 0.273 e. The van der Waals surface area contributed by atoms with Crippen molar-refractivity contribution < 1.29 is 14.3 Å². The molecule has 0 unspecified atom stereocenters. The van der Waals surface area contributed by atoms with Crippen molar-refractivity contribution in [2.75, 3.05) is 6.79 Å². The number of para-hydroxylation sites is 1. The Balaban J connectivity index is 1.50. The molecule has 2 aromatic carbocycles. The molecular formula is C19H15N3O3. The van der Waals surface area contributed by atoms with Gasteiger partial charge in [0.1, 0.15) is 0 Å². The monoisotopic (exact) mass is 333 g/mol. The Bertz CT molecular complexity index is 933. The number of aromatic nitrogens is 1. The average molecular weight is 333 g/mol. The minimum Gasteiger partial charge on any atom is -0.454 e. The Morgan fingerprint density at radius 2 is 1.84 bits per heavy atom. The summed E-state index contributed by atoms with van der Waals surface area (Å²) >= 11 is 0. The van der Waals surface area contributed by atoms with E-state index < -0.39 is 0 Å². The highest BCUT2D eigenvalue weighted by molar-refractivity contribution is 5.98. The van der Waals surface area contributed by atoms with Gasteiger partial charge in [-0.15, -0.1) is 0 Å². The van der Waals surface area contributed by atoms with E-state index in [4.69, 9.17) is 9.47 Å². The van der Waals surface area contributed by atoms with Gasteiger partial charge in [-0.2, -0.15) is 5.10 Å². The number of amides is 1. The van der Waals surface area contributed by atoms with Crippen LogP contribution >= 0.6 is 0 Å². The Hall–Kier alpha value is -3.54. The molecule has 0 bridgehead atoms. The van der Waals surface area contributed by atoms with Gasteiger partial charge >= 0.3 is 0 Å². The van der Waals surface area contributed by atoms with Crippen LogP contribution in [0.2, 0.25) is 0 Å². The quantitative estimate of drug-likeness (QED) is 0.590. The summed E-state index contributed by atoms with van der Waals surface area (Å²) in [5.41, 5.74) is 4.71. The molecule has 25 heavy (non-hydrogen) atoms. The summed E-state index contributed by atoms with van der Waals surface area (Å²) < 4.78 is 12.5. The standard InChI is InChI=1S/C19H15N3O3/c23-19(15-5-1-2-6-16(15)22-9-3-4-10-22)21-20-12-14-7-8-17-18(11-14)25-13-24-17/h1-12H,13H2,(H,21,23)/b20-12+. The van der Waals surface area contributed by atoms with Gasteiger partial charge < -0.3 is 14.0 Å². The lowest BCUT2D eigenvalue weighted by molar-refractivity contribution is 0.0955. The van der Waals surface area contributed by atoms with E-state index in [9.17, 15) is 4.79 Å². The Morgan fingerprint density at radius 1 is 1.04 bits per heavy atom. The lowest BCUT2D eigenvalue weighted by Gasteiger charge is -2.09. The molecule has 1 amide bonds. The second kappa shape index (κ2) is 6.52. The molecule has 6 heteroatoms. The van der Waals surface area contributed by atoms with Crippen LogP contribution in [0, 0.1) is 0 Å². The van der Waals surface area contributed by atoms with Crippen molar-refractivity contribution in [2.24, 2.45) is 5.10 Å². The van der Waals surface area contributed by atoms with E-state index in [0.717, 1.165) is 11.3 Å².